The molecule has 3 aromatic rings. The van der Waals surface area contributed by atoms with E-state index in [4.69, 9.17) is 4.74 Å². The maximum Gasteiger partial charge on any atom is 0.300 e. The molecule has 1 aliphatic rings. The minimum atomic E-state index is -0.911. The minimum Gasteiger partial charge on any atom is -0.507 e. The Bertz CT molecular complexity index is 1310. The quantitative estimate of drug-likeness (QED) is 0.260. The number of amides is 1. The van der Waals surface area contributed by atoms with E-state index in [9.17, 15) is 19.1 Å². The molecule has 0 bridgehead atoms. The van der Waals surface area contributed by atoms with Crippen LogP contribution < -0.4 is 9.64 Å². The van der Waals surface area contributed by atoms with Crippen molar-refractivity contribution < 1.29 is 23.8 Å². The Morgan fingerprint density at radius 1 is 1.06 bits per heavy atom. The Balaban J connectivity index is 1.94. The van der Waals surface area contributed by atoms with Gasteiger partial charge in [-0.1, -0.05) is 44.2 Å². The second-order valence-electron chi connectivity index (χ2n) is 8.85. The Labute approximate surface area is 204 Å². The van der Waals surface area contributed by atoms with Crippen LogP contribution in [0.3, 0.4) is 0 Å². The van der Waals surface area contributed by atoms with Crippen molar-refractivity contribution in [3.63, 3.8) is 0 Å². The number of carbonyl (C=O) groups excluding carboxylic acids is 2. The highest BCUT2D eigenvalue weighted by Crippen LogP contribution is 2.43. The number of hydrogen-bond acceptors (Lipinski definition) is 4. The highest BCUT2D eigenvalue weighted by molar-refractivity contribution is 6.51. The summed E-state index contributed by atoms with van der Waals surface area (Å²) in [5.41, 5.74) is 3.12. The molecule has 5 nitrogen and oxygen atoms in total. The van der Waals surface area contributed by atoms with Gasteiger partial charge in [-0.3, -0.25) is 14.5 Å². The number of ketones is 1. The van der Waals surface area contributed by atoms with Crippen LogP contribution >= 0.6 is 0 Å². The molecular weight excluding hydrogens is 445 g/mol. The summed E-state index contributed by atoms with van der Waals surface area (Å²) in [6, 6.07) is 17.2. The number of rotatable bonds is 6. The second-order valence-corrected chi connectivity index (χ2v) is 8.85. The van der Waals surface area contributed by atoms with Gasteiger partial charge in [-0.25, -0.2) is 4.39 Å². The van der Waals surface area contributed by atoms with Crippen LogP contribution in [0.4, 0.5) is 10.1 Å². The van der Waals surface area contributed by atoms with E-state index in [1.54, 1.807) is 30.3 Å². The van der Waals surface area contributed by atoms with E-state index in [0.717, 1.165) is 11.1 Å². The van der Waals surface area contributed by atoms with Crippen molar-refractivity contribution in [1.82, 2.24) is 0 Å². The molecule has 35 heavy (non-hydrogen) atoms. The number of aliphatic hydroxyl groups is 1. The van der Waals surface area contributed by atoms with Crippen molar-refractivity contribution in [2.75, 3.05) is 11.5 Å². The van der Waals surface area contributed by atoms with Crippen LogP contribution in [0.25, 0.3) is 5.76 Å². The summed E-state index contributed by atoms with van der Waals surface area (Å²) >= 11 is 0. The zero-order valence-electron chi connectivity index (χ0n) is 20.2. The molecule has 1 amide bonds. The SMILES string of the molecule is CCOc1ccc(/C(O)=C2/C(=O)C(=O)N(c3ccccc3C)C2c2ccc(F)cc2)cc1C(C)C. The lowest BCUT2D eigenvalue weighted by atomic mass is 9.93. The van der Waals surface area contributed by atoms with Gasteiger partial charge in [0.1, 0.15) is 17.3 Å². The average Bonchev–Trinajstić information content (AvgIpc) is 3.10. The first-order valence-electron chi connectivity index (χ1n) is 11.6. The molecule has 0 spiro atoms. The van der Waals surface area contributed by atoms with Gasteiger partial charge in [0.05, 0.1) is 18.2 Å². The van der Waals surface area contributed by atoms with Gasteiger partial charge in [0, 0.05) is 11.3 Å². The van der Waals surface area contributed by atoms with Crippen LogP contribution in [0.5, 0.6) is 5.75 Å². The molecule has 4 rings (SSSR count). The first-order chi connectivity index (χ1) is 16.7. The third kappa shape index (κ3) is 4.44. The highest BCUT2D eigenvalue weighted by Gasteiger charge is 2.47. The Morgan fingerprint density at radius 3 is 2.37 bits per heavy atom. The summed E-state index contributed by atoms with van der Waals surface area (Å²) in [7, 11) is 0. The van der Waals surface area contributed by atoms with E-state index in [1.165, 1.54) is 29.2 Å². The zero-order chi connectivity index (χ0) is 25.3. The second kappa shape index (κ2) is 9.74. The third-order valence-corrected chi connectivity index (χ3v) is 6.21. The number of Topliss-reactive ketones (excluding diaryl/α,β-unsaturated/α-hetero) is 1. The predicted molar refractivity (Wildman–Crippen MR) is 134 cm³/mol. The molecule has 3 aromatic carbocycles. The van der Waals surface area contributed by atoms with Gasteiger partial charge in [-0.05, 0) is 72.9 Å². The van der Waals surface area contributed by atoms with E-state index in [-0.39, 0.29) is 17.3 Å². The summed E-state index contributed by atoms with van der Waals surface area (Å²) < 4.78 is 19.5. The van der Waals surface area contributed by atoms with E-state index < -0.39 is 23.5 Å². The summed E-state index contributed by atoms with van der Waals surface area (Å²) in [6.45, 7) is 8.26. The highest BCUT2D eigenvalue weighted by atomic mass is 19.1. The Hall–Kier alpha value is -3.93. The molecule has 0 saturated carbocycles. The van der Waals surface area contributed by atoms with Crippen LogP contribution in [-0.4, -0.2) is 23.4 Å². The van der Waals surface area contributed by atoms with Gasteiger partial charge in [0.2, 0.25) is 0 Å². The van der Waals surface area contributed by atoms with E-state index in [1.807, 2.05) is 39.8 Å². The molecule has 1 saturated heterocycles. The fraction of sp³-hybridized carbons (Fsp3) is 0.241. The van der Waals surface area contributed by atoms with Crippen molar-refractivity contribution >= 4 is 23.1 Å². The first-order valence-corrected chi connectivity index (χ1v) is 11.6. The molecule has 1 N–H and O–H groups in total. The largest absolute Gasteiger partial charge is 0.507 e. The Morgan fingerprint density at radius 2 is 1.74 bits per heavy atom. The number of hydrogen-bond donors (Lipinski definition) is 1. The van der Waals surface area contributed by atoms with Crippen molar-refractivity contribution in [3.8, 4) is 5.75 Å². The normalized spacial score (nSPS) is 17.3. The van der Waals surface area contributed by atoms with Crippen molar-refractivity contribution in [3.05, 3.63) is 100 Å². The number of anilines is 1. The number of ether oxygens (including phenoxy) is 1. The van der Waals surface area contributed by atoms with Gasteiger partial charge < -0.3 is 9.84 Å². The molecule has 180 valence electrons. The predicted octanol–water partition coefficient (Wildman–Crippen LogP) is 6.28. The zero-order valence-corrected chi connectivity index (χ0v) is 20.2. The topological polar surface area (TPSA) is 66.8 Å². The smallest absolute Gasteiger partial charge is 0.300 e. The minimum absolute atomic E-state index is 0.0382. The van der Waals surface area contributed by atoms with Gasteiger partial charge in [0.15, 0.2) is 0 Å². The van der Waals surface area contributed by atoms with E-state index in [0.29, 0.717) is 29.2 Å². The molecule has 1 fully saturated rings. The molecule has 0 aliphatic carbocycles. The van der Waals surface area contributed by atoms with E-state index >= 15 is 0 Å². The van der Waals surface area contributed by atoms with Crippen LogP contribution in [0, 0.1) is 12.7 Å². The lowest BCUT2D eigenvalue weighted by Gasteiger charge is -2.27. The number of halogens is 1. The standard InChI is InChI=1S/C29H28FNO4/c1-5-35-24-15-12-20(16-22(24)17(2)3)27(32)25-26(19-10-13-21(30)14-11-19)31(29(34)28(25)33)23-9-7-6-8-18(23)4/h6-17,26,32H,5H2,1-4H3/b27-25-. The fourth-order valence-electron chi connectivity index (χ4n) is 4.46. The fourth-order valence-corrected chi connectivity index (χ4v) is 4.46. The van der Waals surface area contributed by atoms with Gasteiger partial charge in [0.25, 0.3) is 11.7 Å². The van der Waals surface area contributed by atoms with Crippen molar-refractivity contribution in [1.29, 1.82) is 0 Å². The molecule has 6 heteroatoms. The lowest BCUT2D eigenvalue weighted by Crippen LogP contribution is -2.30. The lowest BCUT2D eigenvalue weighted by molar-refractivity contribution is -0.132. The number of benzene rings is 3. The van der Waals surface area contributed by atoms with Crippen LogP contribution in [-0.2, 0) is 9.59 Å². The maximum absolute atomic E-state index is 13.7. The Kier molecular flexibility index (Phi) is 6.74. The maximum atomic E-state index is 13.7. The monoisotopic (exact) mass is 473 g/mol. The average molecular weight is 474 g/mol. The first kappa shape index (κ1) is 24.2. The van der Waals surface area contributed by atoms with Crippen molar-refractivity contribution in [2.24, 2.45) is 0 Å². The van der Waals surface area contributed by atoms with Gasteiger partial charge >= 0.3 is 0 Å². The van der Waals surface area contributed by atoms with Gasteiger partial charge in [-0.15, -0.1) is 0 Å². The van der Waals surface area contributed by atoms with Crippen LogP contribution in [0.1, 0.15) is 55.0 Å². The molecule has 1 atom stereocenters. The number of nitrogens with zero attached hydrogens (tertiary/aromatic N) is 1. The molecule has 1 unspecified atom stereocenters. The third-order valence-electron chi connectivity index (χ3n) is 6.21. The van der Waals surface area contributed by atoms with E-state index in [2.05, 4.69) is 0 Å². The summed E-state index contributed by atoms with van der Waals surface area (Å²) in [6.07, 6.45) is 0. The van der Waals surface area contributed by atoms with Crippen molar-refractivity contribution in [2.45, 2.75) is 39.7 Å². The molecule has 0 radical (unpaired) electrons. The number of aryl methyl sites for hydroxylation is 1. The summed E-state index contributed by atoms with van der Waals surface area (Å²) in [5.74, 6) is -1.44. The van der Waals surface area contributed by atoms with Crippen LogP contribution in [0.2, 0.25) is 0 Å². The van der Waals surface area contributed by atoms with Crippen LogP contribution in [0.15, 0.2) is 72.3 Å². The molecular formula is C29H28FNO4. The molecule has 1 heterocycles. The number of carbonyl (C=O) groups is 2. The number of para-hydroxylation sites is 1. The molecule has 0 aromatic heterocycles. The van der Waals surface area contributed by atoms with Gasteiger partial charge in [-0.2, -0.15) is 0 Å². The number of aliphatic hydroxyl groups excluding tert-OH is 1. The summed E-state index contributed by atoms with van der Waals surface area (Å²) in [5, 5.41) is 11.4. The molecule has 1 aliphatic heterocycles. The summed E-state index contributed by atoms with van der Waals surface area (Å²) in [4.78, 5) is 28.0.